The molecule has 0 spiro atoms. The molecule has 0 radical (unpaired) electrons. The van der Waals surface area contributed by atoms with Crippen molar-refractivity contribution in [2.24, 2.45) is 5.92 Å². The van der Waals surface area contributed by atoms with Gasteiger partial charge in [0.05, 0.1) is 6.61 Å². The number of benzene rings is 1. The average molecular weight is 248 g/mol. The molecule has 0 aliphatic heterocycles. The van der Waals surface area contributed by atoms with Crippen molar-refractivity contribution in [3.63, 3.8) is 0 Å². The summed E-state index contributed by atoms with van der Waals surface area (Å²) in [6, 6.07) is 7.00. The van der Waals surface area contributed by atoms with Crippen LogP contribution in [0.5, 0.6) is 0 Å². The molecular weight excluding hydrogens is 227 g/mol. The van der Waals surface area contributed by atoms with Gasteiger partial charge in [-0.15, -0.1) is 0 Å². The second-order valence-electron chi connectivity index (χ2n) is 5.05. The lowest BCUT2D eigenvalue weighted by molar-refractivity contribution is 0.233. The largest absolute Gasteiger partial charge is 0.381 e. The molecule has 0 atom stereocenters. The predicted molar refractivity (Wildman–Crippen MR) is 72.1 cm³/mol. The van der Waals surface area contributed by atoms with Crippen LogP contribution in [0.3, 0.4) is 0 Å². The average Bonchev–Trinajstić information content (AvgIpc) is 2.41. The van der Waals surface area contributed by atoms with E-state index in [1.165, 1.54) is 31.2 Å². The van der Waals surface area contributed by atoms with Crippen LogP contribution < -0.4 is 0 Å². The Morgan fingerprint density at radius 3 is 2.44 bits per heavy atom. The molecule has 98 valence electrons. The van der Waals surface area contributed by atoms with Gasteiger partial charge in [0.2, 0.25) is 0 Å². The Labute approximate surface area is 109 Å². The third kappa shape index (κ3) is 3.67. The van der Waals surface area contributed by atoms with E-state index in [1.807, 2.05) is 12.1 Å². The molecule has 0 heterocycles. The molecule has 0 saturated heterocycles. The number of methoxy groups -OCH3 is 1. The monoisotopic (exact) mass is 248 g/mol. The second kappa shape index (κ2) is 6.69. The Hall–Kier alpha value is -1.15. The fourth-order valence-corrected chi connectivity index (χ4v) is 2.72. The second-order valence-corrected chi connectivity index (χ2v) is 5.05. The van der Waals surface area contributed by atoms with Crippen molar-refractivity contribution >= 4 is 0 Å². The van der Waals surface area contributed by atoms with E-state index in [9.17, 15) is 4.39 Å². The Morgan fingerprint density at radius 2 is 1.83 bits per heavy atom. The summed E-state index contributed by atoms with van der Waals surface area (Å²) in [6.45, 7) is 0.706. The van der Waals surface area contributed by atoms with Crippen molar-refractivity contribution < 1.29 is 9.13 Å². The normalized spacial score (nSPS) is 24.6. The maximum atomic E-state index is 12.9. The van der Waals surface area contributed by atoms with Gasteiger partial charge in [-0.25, -0.2) is 4.39 Å². The zero-order valence-corrected chi connectivity index (χ0v) is 10.9. The lowest BCUT2D eigenvalue weighted by Crippen LogP contribution is -2.11. The van der Waals surface area contributed by atoms with Gasteiger partial charge in [0.1, 0.15) is 5.82 Å². The van der Waals surface area contributed by atoms with E-state index in [4.69, 9.17) is 4.74 Å². The highest BCUT2D eigenvalue weighted by Crippen LogP contribution is 2.36. The van der Waals surface area contributed by atoms with Gasteiger partial charge < -0.3 is 4.74 Å². The van der Waals surface area contributed by atoms with E-state index in [0.717, 1.165) is 0 Å². The van der Waals surface area contributed by atoms with Crippen LogP contribution in [0, 0.1) is 11.7 Å². The number of halogens is 1. The van der Waals surface area contributed by atoms with Crippen molar-refractivity contribution in [1.82, 2.24) is 0 Å². The minimum Gasteiger partial charge on any atom is -0.381 e. The number of rotatable bonds is 4. The molecule has 0 unspecified atom stereocenters. The Morgan fingerprint density at radius 1 is 1.17 bits per heavy atom. The van der Waals surface area contributed by atoms with Crippen LogP contribution >= 0.6 is 0 Å². The van der Waals surface area contributed by atoms with Gasteiger partial charge in [-0.2, -0.15) is 0 Å². The van der Waals surface area contributed by atoms with Gasteiger partial charge in [-0.3, -0.25) is 0 Å². The number of ether oxygens (including phenoxy) is 1. The molecule has 0 amide bonds. The molecule has 2 rings (SSSR count). The highest BCUT2D eigenvalue weighted by atomic mass is 19.1. The molecule has 1 aliphatic carbocycles. The fraction of sp³-hybridized carbons (Fsp3) is 0.500. The molecule has 1 aliphatic rings. The number of hydrogen-bond acceptors (Lipinski definition) is 1. The van der Waals surface area contributed by atoms with Crippen LogP contribution in [0.15, 0.2) is 36.4 Å². The molecule has 0 aromatic heterocycles. The quantitative estimate of drug-likeness (QED) is 0.722. The smallest absolute Gasteiger partial charge is 0.123 e. The highest BCUT2D eigenvalue weighted by Gasteiger charge is 2.20. The Kier molecular flexibility index (Phi) is 4.94. The lowest BCUT2D eigenvalue weighted by Gasteiger charge is -2.27. The van der Waals surface area contributed by atoms with E-state index in [1.54, 1.807) is 19.2 Å². The first kappa shape index (κ1) is 13.3. The molecule has 1 aromatic carbocycles. The molecule has 1 saturated carbocycles. The van der Waals surface area contributed by atoms with Crippen LogP contribution in [-0.4, -0.2) is 13.7 Å². The van der Waals surface area contributed by atoms with E-state index in [0.29, 0.717) is 18.4 Å². The van der Waals surface area contributed by atoms with Gasteiger partial charge in [0, 0.05) is 7.11 Å². The zero-order valence-electron chi connectivity index (χ0n) is 10.9. The van der Waals surface area contributed by atoms with Crippen LogP contribution in [0.1, 0.15) is 37.2 Å². The minimum atomic E-state index is -0.144. The maximum absolute atomic E-state index is 12.9. The zero-order chi connectivity index (χ0) is 12.8. The molecule has 2 heteroatoms. The van der Waals surface area contributed by atoms with Crippen LogP contribution in [0.25, 0.3) is 0 Å². The third-order valence-electron chi connectivity index (χ3n) is 3.78. The molecular formula is C16H21FO. The summed E-state index contributed by atoms with van der Waals surface area (Å²) in [4.78, 5) is 0. The summed E-state index contributed by atoms with van der Waals surface area (Å²) in [6.07, 6.45) is 9.25. The first-order valence-electron chi connectivity index (χ1n) is 6.70. The Bertz CT molecular complexity index is 375. The fourth-order valence-electron chi connectivity index (χ4n) is 2.72. The van der Waals surface area contributed by atoms with Crippen LogP contribution in [-0.2, 0) is 4.74 Å². The van der Waals surface area contributed by atoms with Gasteiger partial charge in [-0.1, -0.05) is 24.3 Å². The molecule has 18 heavy (non-hydrogen) atoms. The van der Waals surface area contributed by atoms with Gasteiger partial charge in [0.15, 0.2) is 0 Å². The van der Waals surface area contributed by atoms with Crippen molar-refractivity contribution in [1.29, 1.82) is 0 Å². The first-order valence-corrected chi connectivity index (χ1v) is 6.70. The standard InChI is InChI=1S/C16H21FO/c1-18-12-2-3-13-4-6-14(7-5-13)15-8-10-16(17)11-9-15/h2-3,8-11,13-14H,4-7,12H2,1H3/b3-2+. The SMILES string of the molecule is COC/C=C/C1CCC(c2ccc(F)cc2)CC1. The Balaban J connectivity index is 1.84. The predicted octanol–water partition coefficient (Wildman–Crippen LogP) is 4.30. The topological polar surface area (TPSA) is 9.23 Å². The summed E-state index contributed by atoms with van der Waals surface area (Å²) >= 11 is 0. The number of hydrogen-bond donors (Lipinski definition) is 0. The summed E-state index contributed by atoms with van der Waals surface area (Å²) in [5, 5.41) is 0. The summed E-state index contributed by atoms with van der Waals surface area (Å²) in [5.74, 6) is 1.16. The summed E-state index contributed by atoms with van der Waals surface area (Å²) < 4.78 is 17.9. The molecule has 1 nitrogen and oxygen atoms in total. The third-order valence-corrected chi connectivity index (χ3v) is 3.78. The van der Waals surface area contributed by atoms with Gasteiger partial charge in [0.25, 0.3) is 0 Å². The van der Waals surface area contributed by atoms with Crippen LogP contribution in [0.2, 0.25) is 0 Å². The highest BCUT2D eigenvalue weighted by molar-refractivity contribution is 5.21. The summed E-state index contributed by atoms with van der Waals surface area (Å²) in [5.41, 5.74) is 1.29. The van der Waals surface area contributed by atoms with E-state index in [2.05, 4.69) is 12.2 Å². The molecule has 0 bridgehead atoms. The van der Waals surface area contributed by atoms with Crippen molar-refractivity contribution in [2.75, 3.05) is 13.7 Å². The first-order chi connectivity index (χ1) is 8.79. The molecule has 1 fully saturated rings. The van der Waals surface area contributed by atoms with Crippen LogP contribution in [0.4, 0.5) is 4.39 Å². The minimum absolute atomic E-state index is 0.144. The van der Waals surface area contributed by atoms with Crippen molar-refractivity contribution in [2.45, 2.75) is 31.6 Å². The number of allylic oxidation sites excluding steroid dienone is 1. The van der Waals surface area contributed by atoms with Crippen molar-refractivity contribution in [3.8, 4) is 0 Å². The maximum Gasteiger partial charge on any atom is 0.123 e. The van der Waals surface area contributed by atoms with E-state index < -0.39 is 0 Å². The van der Waals surface area contributed by atoms with Gasteiger partial charge >= 0.3 is 0 Å². The van der Waals surface area contributed by atoms with E-state index in [-0.39, 0.29) is 5.82 Å². The summed E-state index contributed by atoms with van der Waals surface area (Å²) in [7, 11) is 1.72. The molecule has 1 aromatic rings. The molecule has 0 N–H and O–H groups in total. The van der Waals surface area contributed by atoms with E-state index >= 15 is 0 Å². The van der Waals surface area contributed by atoms with Gasteiger partial charge in [-0.05, 0) is 55.2 Å². The lowest BCUT2D eigenvalue weighted by atomic mass is 9.78. The van der Waals surface area contributed by atoms with Crippen molar-refractivity contribution in [3.05, 3.63) is 47.8 Å².